The molecular formula is C17H13ClN2O5. The highest BCUT2D eigenvalue weighted by atomic mass is 35.5. The number of benzene rings is 2. The molecule has 2 aromatic carbocycles. The largest absolute Gasteiger partial charge is 0.478 e. The third-order valence-electron chi connectivity index (χ3n) is 3.53. The number of carboxylic acid groups (broad SMARTS) is 1. The highest BCUT2D eigenvalue weighted by Gasteiger charge is 2.26. The number of aromatic carboxylic acids is 1. The standard InChI is InChI=1S/C17H13ClN2O5/c18-11-4-5-14-13(7-11)20(9-16(22)25-14)8-15(21)19-12-3-1-2-10(6-12)17(23)24/h1-7H,8-9H2,(H,19,21)(H,23,24). The van der Waals surface area contributed by atoms with Crippen molar-refractivity contribution in [3.05, 3.63) is 53.1 Å². The number of nitrogens with zero attached hydrogens (tertiary/aromatic N) is 1. The van der Waals surface area contributed by atoms with Crippen molar-refractivity contribution in [2.45, 2.75) is 0 Å². The number of nitrogens with one attached hydrogen (secondary N) is 1. The van der Waals surface area contributed by atoms with Gasteiger partial charge in [-0.25, -0.2) is 9.59 Å². The van der Waals surface area contributed by atoms with Gasteiger partial charge in [0.15, 0.2) is 5.75 Å². The highest BCUT2D eigenvalue weighted by Crippen LogP contribution is 2.34. The van der Waals surface area contributed by atoms with Crippen LogP contribution in [0.4, 0.5) is 11.4 Å². The van der Waals surface area contributed by atoms with Crippen LogP contribution < -0.4 is 15.0 Å². The first-order valence-corrected chi connectivity index (χ1v) is 7.68. The molecule has 128 valence electrons. The van der Waals surface area contributed by atoms with Crippen molar-refractivity contribution in [3.8, 4) is 5.75 Å². The van der Waals surface area contributed by atoms with Crippen molar-refractivity contribution in [2.24, 2.45) is 0 Å². The quantitative estimate of drug-likeness (QED) is 0.642. The Labute approximate surface area is 147 Å². The molecule has 1 amide bonds. The molecule has 0 unspecified atom stereocenters. The van der Waals surface area contributed by atoms with E-state index < -0.39 is 17.8 Å². The Morgan fingerprint density at radius 1 is 1.24 bits per heavy atom. The van der Waals surface area contributed by atoms with E-state index in [4.69, 9.17) is 21.4 Å². The van der Waals surface area contributed by atoms with Gasteiger partial charge in [-0.3, -0.25) is 4.79 Å². The van der Waals surface area contributed by atoms with Crippen molar-refractivity contribution in [3.63, 3.8) is 0 Å². The smallest absolute Gasteiger partial charge is 0.335 e. The second-order valence-corrected chi connectivity index (χ2v) is 5.81. The minimum atomic E-state index is -1.08. The third-order valence-corrected chi connectivity index (χ3v) is 3.77. The molecule has 1 aliphatic heterocycles. The molecule has 7 nitrogen and oxygen atoms in total. The lowest BCUT2D eigenvalue weighted by Crippen LogP contribution is -2.41. The molecule has 0 aliphatic carbocycles. The lowest BCUT2D eigenvalue weighted by Gasteiger charge is -2.29. The van der Waals surface area contributed by atoms with Crippen LogP contribution in [0.15, 0.2) is 42.5 Å². The van der Waals surface area contributed by atoms with E-state index in [1.54, 1.807) is 29.2 Å². The highest BCUT2D eigenvalue weighted by molar-refractivity contribution is 6.31. The SMILES string of the molecule is O=C(CN1CC(=O)Oc2ccc(Cl)cc21)Nc1cccc(C(=O)O)c1. The van der Waals surface area contributed by atoms with E-state index in [1.165, 1.54) is 18.2 Å². The molecular weight excluding hydrogens is 348 g/mol. The summed E-state index contributed by atoms with van der Waals surface area (Å²) in [5, 5.41) is 12.1. The fourth-order valence-corrected chi connectivity index (χ4v) is 2.63. The molecule has 1 heterocycles. The summed E-state index contributed by atoms with van der Waals surface area (Å²) in [6.07, 6.45) is 0. The molecule has 0 atom stereocenters. The van der Waals surface area contributed by atoms with Gasteiger partial charge in [0.1, 0.15) is 6.54 Å². The van der Waals surface area contributed by atoms with Gasteiger partial charge in [-0.05, 0) is 36.4 Å². The summed E-state index contributed by atoms with van der Waals surface area (Å²) in [6.45, 7) is -0.199. The van der Waals surface area contributed by atoms with Crippen LogP contribution in [0.2, 0.25) is 5.02 Å². The minimum absolute atomic E-state index is 0.0662. The van der Waals surface area contributed by atoms with Crippen LogP contribution in [0, 0.1) is 0 Å². The monoisotopic (exact) mass is 360 g/mol. The van der Waals surface area contributed by atoms with Crippen LogP contribution in [0.1, 0.15) is 10.4 Å². The fraction of sp³-hybridized carbons (Fsp3) is 0.118. The van der Waals surface area contributed by atoms with E-state index in [1.807, 2.05) is 0 Å². The third kappa shape index (κ3) is 3.89. The van der Waals surface area contributed by atoms with E-state index in [0.29, 0.717) is 22.1 Å². The van der Waals surface area contributed by atoms with Crippen LogP contribution in [-0.2, 0) is 9.59 Å². The number of esters is 1. The summed E-state index contributed by atoms with van der Waals surface area (Å²) in [6, 6.07) is 10.7. The molecule has 0 radical (unpaired) electrons. The summed E-state index contributed by atoms with van der Waals surface area (Å²) >= 11 is 5.97. The zero-order chi connectivity index (χ0) is 18.0. The van der Waals surface area contributed by atoms with Gasteiger partial charge < -0.3 is 20.1 Å². The van der Waals surface area contributed by atoms with Crippen molar-refractivity contribution < 1.29 is 24.2 Å². The number of fused-ring (bicyclic) bond motifs is 1. The fourth-order valence-electron chi connectivity index (χ4n) is 2.46. The molecule has 0 fully saturated rings. The van der Waals surface area contributed by atoms with Crippen LogP contribution >= 0.6 is 11.6 Å². The molecule has 3 rings (SSSR count). The van der Waals surface area contributed by atoms with E-state index >= 15 is 0 Å². The second-order valence-electron chi connectivity index (χ2n) is 5.38. The van der Waals surface area contributed by atoms with Crippen molar-refractivity contribution in [1.29, 1.82) is 0 Å². The zero-order valence-electron chi connectivity index (χ0n) is 12.9. The van der Waals surface area contributed by atoms with Gasteiger partial charge >= 0.3 is 11.9 Å². The Morgan fingerprint density at radius 3 is 2.80 bits per heavy atom. The van der Waals surface area contributed by atoms with Gasteiger partial charge in [0.25, 0.3) is 0 Å². The Balaban J connectivity index is 1.75. The van der Waals surface area contributed by atoms with Crippen molar-refractivity contribution in [1.82, 2.24) is 0 Å². The molecule has 25 heavy (non-hydrogen) atoms. The number of carboxylic acids is 1. The lowest BCUT2D eigenvalue weighted by atomic mass is 10.2. The number of ether oxygens (including phenoxy) is 1. The molecule has 0 aromatic heterocycles. The number of rotatable bonds is 4. The Kier molecular flexibility index (Phi) is 4.58. The maximum Gasteiger partial charge on any atom is 0.335 e. The molecule has 2 N–H and O–H groups in total. The first-order chi connectivity index (χ1) is 11.9. The Morgan fingerprint density at radius 2 is 2.04 bits per heavy atom. The normalized spacial score (nSPS) is 13.0. The summed E-state index contributed by atoms with van der Waals surface area (Å²) in [7, 11) is 0. The van der Waals surface area contributed by atoms with Crippen molar-refractivity contribution in [2.75, 3.05) is 23.3 Å². The van der Waals surface area contributed by atoms with E-state index in [2.05, 4.69) is 5.32 Å². The van der Waals surface area contributed by atoms with E-state index in [0.717, 1.165) is 0 Å². The number of carbonyl (C=O) groups is 3. The van der Waals surface area contributed by atoms with Gasteiger partial charge in [0, 0.05) is 10.7 Å². The average Bonchev–Trinajstić information content (AvgIpc) is 2.55. The molecule has 0 bridgehead atoms. The second kappa shape index (κ2) is 6.82. The first kappa shape index (κ1) is 16.8. The van der Waals surface area contributed by atoms with Gasteiger partial charge in [-0.1, -0.05) is 17.7 Å². The van der Waals surface area contributed by atoms with Gasteiger partial charge in [0.2, 0.25) is 5.91 Å². The average molecular weight is 361 g/mol. The van der Waals surface area contributed by atoms with Gasteiger partial charge in [0.05, 0.1) is 17.8 Å². The van der Waals surface area contributed by atoms with E-state index in [-0.39, 0.29) is 18.7 Å². The van der Waals surface area contributed by atoms with Gasteiger partial charge in [-0.15, -0.1) is 0 Å². The summed E-state index contributed by atoms with van der Waals surface area (Å²) in [5.74, 6) is -1.63. The Bertz CT molecular complexity index is 868. The van der Waals surface area contributed by atoms with Crippen LogP contribution in [0.25, 0.3) is 0 Å². The molecule has 0 saturated carbocycles. The summed E-state index contributed by atoms with van der Waals surface area (Å²) in [5.41, 5.74) is 0.966. The predicted octanol–water partition coefficient (Wildman–Crippen LogP) is 2.40. The minimum Gasteiger partial charge on any atom is -0.478 e. The predicted molar refractivity (Wildman–Crippen MR) is 91.3 cm³/mol. The number of hydrogen-bond acceptors (Lipinski definition) is 5. The van der Waals surface area contributed by atoms with Crippen LogP contribution in [0.3, 0.4) is 0 Å². The maximum absolute atomic E-state index is 12.3. The molecule has 0 saturated heterocycles. The van der Waals surface area contributed by atoms with Gasteiger partial charge in [-0.2, -0.15) is 0 Å². The van der Waals surface area contributed by atoms with Crippen molar-refractivity contribution >= 4 is 40.8 Å². The molecule has 0 spiro atoms. The number of halogens is 1. The van der Waals surface area contributed by atoms with Crippen LogP contribution in [-0.4, -0.2) is 36.0 Å². The zero-order valence-corrected chi connectivity index (χ0v) is 13.6. The Hall–Kier alpha value is -3.06. The number of amides is 1. The number of carbonyl (C=O) groups excluding carboxylic acids is 2. The topological polar surface area (TPSA) is 95.9 Å². The van der Waals surface area contributed by atoms with Crippen LogP contribution in [0.5, 0.6) is 5.75 Å². The first-order valence-electron chi connectivity index (χ1n) is 7.31. The maximum atomic E-state index is 12.3. The molecule has 8 heteroatoms. The summed E-state index contributed by atoms with van der Waals surface area (Å²) in [4.78, 5) is 36.5. The lowest BCUT2D eigenvalue weighted by molar-refractivity contribution is -0.133. The number of hydrogen-bond donors (Lipinski definition) is 2. The molecule has 1 aliphatic rings. The van der Waals surface area contributed by atoms with E-state index in [9.17, 15) is 14.4 Å². The molecule has 2 aromatic rings. The summed E-state index contributed by atoms with van der Waals surface area (Å²) < 4.78 is 5.12. The number of anilines is 2.